The highest BCUT2D eigenvalue weighted by atomic mass is 32.2. The first-order valence-corrected chi connectivity index (χ1v) is 6.96. The molecule has 0 aliphatic carbocycles. The summed E-state index contributed by atoms with van der Waals surface area (Å²) in [5.41, 5.74) is 3.58. The molecule has 0 amide bonds. The second-order valence-electron chi connectivity index (χ2n) is 4.50. The van der Waals surface area contributed by atoms with Gasteiger partial charge in [0.15, 0.2) is 0 Å². The zero-order chi connectivity index (χ0) is 11.0. The third kappa shape index (κ3) is 1.84. The number of nitrogens with zero attached hydrogens (tertiary/aromatic N) is 1. The average Bonchev–Trinajstić information content (AvgIpc) is 2.73. The molecular formula is C13H16N2S. The molecule has 0 saturated carbocycles. The molecule has 1 saturated heterocycles. The number of rotatable bonds is 1. The van der Waals surface area contributed by atoms with Gasteiger partial charge in [0.1, 0.15) is 5.82 Å². The quantitative estimate of drug-likeness (QED) is 0.809. The number of imidazole rings is 1. The lowest BCUT2D eigenvalue weighted by Crippen LogP contribution is -2.03. The van der Waals surface area contributed by atoms with Crippen molar-refractivity contribution in [2.24, 2.45) is 0 Å². The number of nitrogens with one attached hydrogen (secondary N) is 1. The van der Waals surface area contributed by atoms with Gasteiger partial charge in [-0.25, -0.2) is 4.98 Å². The predicted molar refractivity (Wildman–Crippen MR) is 69.9 cm³/mol. The Bertz CT molecular complexity index is 498. The molecule has 84 valence electrons. The Labute approximate surface area is 99.8 Å². The van der Waals surface area contributed by atoms with Gasteiger partial charge in [-0.05, 0) is 43.2 Å². The third-order valence-electron chi connectivity index (χ3n) is 3.14. The highest BCUT2D eigenvalue weighted by Gasteiger charge is 2.19. The van der Waals surface area contributed by atoms with E-state index in [1.165, 1.54) is 41.9 Å². The molecule has 1 unspecified atom stereocenters. The van der Waals surface area contributed by atoms with Crippen LogP contribution in [0, 0.1) is 6.92 Å². The molecule has 0 radical (unpaired) electrons. The van der Waals surface area contributed by atoms with Gasteiger partial charge in [-0.1, -0.05) is 12.5 Å². The van der Waals surface area contributed by atoms with Gasteiger partial charge in [0, 0.05) is 0 Å². The van der Waals surface area contributed by atoms with Gasteiger partial charge in [0.25, 0.3) is 0 Å². The summed E-state index contributed by atoms with van der Waals surface area (Å²) in [6.45, 7) is 2.12. The highest BCUT2D eigenvalue weighted by Crippen LogP contribution is 2.37. The molecule has 0 bridgehead atoms. The summed E-state index contributed by atoms with van der Waals surface area (Å²) in [5, 5.41) is 0.585. The SMILES string of the molecule is Cc1ccc2nc(C3CCCCS3)[nH]c2c1. The molecular weight excluding hydrogens is 216 g/mol. The molecule has 2 heterocycles. The van der Waals surface area contributed by atoms with Gasteiger partial charge in [-0.3, -0.25) is 0 Å². The van der Waals surface area contributed by atoms with Crippen LogP contribution < -0.4 is 0 Å². The van der Waals surface area contributed by atoms with E-state index in [1.54, 1.807) is 0 Å². The standard InChI is InChI=1S/C13H16N2S/c1-9-5-6-10-11(8-9)15-13(14-10)12-4-2-3-7-16-12/h5-6,8,12H,2-4,7H2,1H3,(H,14,15). The van der Waals surface area contributed by atoms with Crippen molar-refractivity contribution < 1.29 is 0 Å². The van der Waals surface area contributed by atoms with E-state index < -0.39 is 0 Å². The average molecular weight is 232 g/mol. The minimum absolute atomic E-state index is 0.585. The summed E-state index contributed by atoms with van der Waals surface area (Å²) in [4.78, 5) is 8.18. The second-order valence-corrected chi connectivity index (χ2v) is 5.81. The molecule has 2 aromatic rings. The Morgan fingerprint density at radius 3 is 3.12 bits per heavy atom. The van der Waals surface area contributed by atoms with E-state index in [0.29, 0.717) is 5.25 Å². The first-order valence-electron chi connectivity index (χ1n) is 5.91. The summed E-state index contributed by atoms with van der Waals surface area (Å²) in [6.07, 6.45) is 3.97. The fraction of sp³-hybridized carbons (Fsp3) is 0.462. The molecule has 3 heteroatoms. The Balaban J connectivity index is 1.97. The highest BCUT2D eigenvalue weighted by molar-refractivity contribution is 7.99. The number of aromatic amines is 1. The van der Waals surface area contributed by atoms with Crippen LogP contribution in [0.4, 0.5) is 0 Å². The number of fused-ring (bicyclic) bond motifs is 1. The van der Waals surface area contributed by atoms with Crippen molar-refractivity contribution in [2.45, 2.75) is 31.4 Å². The van der Waals surface area contributed by atoms with Crippen LogP contribution in [0.2, 0.25) is 0 Å². The van der Waals surface area contributed by atoms with Crippen molar-refractivity contribution in [2.75, 3.05) is 5.75 Å². The van der Waals surface area contributed by atoms with Crippen LogP contribution in [-0.4, -0.2) is 15.7 Å². The fourth-order valence-electron chi connectivity index (χ4n) is 2.25. The third-order valence-corrected chi connectivity index (χ3v) is 4.53. The van der Waals surface area contributed by atoms with Crippen LogP contribution in [0.3, 0.4) is 0 Å². The first-order chi connectivity index (χ1) is 7.83. The summed E-state index contributed by atoms with van der Waals surface area (Å²) in [5.74, 6) is 2.45. The maximum absolute atomic E-state index is 4.70. The molecule has 1 aliphatic rings. The van der Waals surface area contributed by atoms with E-state index in [2.05, 4.69) is 30.1 Å². The Morgan fingerprint density at radius 1 is 1.38 bits per heavy atom. The largest absolute Gasteiger partial charge is 0.341 e. The van der Waals surface area contributed by atoms with E-state index in [-0.39, 0.29) is 0 Å². The number of H-pyrrole nitrogens is 1. The lowest BCUT2D eigenvalue weighted by molar-refractivity contribution is 0.668. The van der Waals surface area contributed by atoms with Crippen LogP contribution in [0.5, 0.6) is 0 Å². The van der Waals surface area contributed by atoms with Crippen LogP contribution in [0.15, 0.2) is 18.2 Å². The Hall–Kier alpha value is -0.960. The molecule has 1 aromatic carbocycles. The van der Waals surface area contributed by atoms with Gasteiger partial charge in [-0.2, -0.15) is 11.8 Å². The maximum atomic E-state index is 4.70. The minimum Gasteiger partial charge on any atom is -0.341 e. The fourth-order valence-corrected chi connectivity index (χ4v) is 3.51. The van der Waals surface area contributed by atoms with Crippen molar-refractivity contribution in [3.8, 4) is 0 Å². The van der Waals surface area contributed by atoms with Gasteiger partial charge in [0.05, 0.1) is 16.3 Å². The number of benzene rings is 1. The van der Waals surface area contributed by atoms with E-state index in [9.17, 15) is 0 Å². The second kappa shape index (κ2) is 4.13. The monoisotopic (exact) mass is 232 g/mol. The molecule has 1 fully saturated rings. The van der Waals surface area contributed by atoms with E-state index in [4.69, 9.17) is 4.98 Å². The Morgan fingerprint density at radius 2 is 2.31 bits per heavy atom. The molecule has 16 heavy (non-hydrogen) atoms. The molecule has 3 rings (SSSR count). The molecule has 1 aliphatic heterocycles. The van der Waals surface area contributed by atoms with E-state index >= 15 is 0 Å². The summed E-state index contributed by atoms with van der Waals surface area (Å²) in [6, 6.07) is 6.42. The lowest BCUT2D eigenvalue weighted by atomic mass is 10.2. The van der Waals surface area contributed by atoms with Gasteiger partial charge < -0.3 is 4.98 Å². The van der Waals surface area contributed by atoms with Crippen LogP contribution >= 0.6 is 11.8 Å². The molecule has 1 aromatic heterocycles. The summed E-state index contributed by atoms with van der Waals surface area (Å²) < 4.78 is 0. The smallest absolute Gasteiger partial charge is 0.120 e. The molecule has 0 spiro atoms. The number of hydrogen-bond acceptors (Lipinski definition) is 2. The number of aryl methyl sites for hydroxylation is 1. The first kappa shape index (κ1) is 10.2. The van der Waals surface area contributed by atoms with Gasteiger partial charge in [0.2, 0.25) is 0 Å². The van der Waals surface area contributed by atoms with Crippen molar-refractivity contribution in [1.82, 2.24) is 9.97 Å². The van der Waals surface area contributed by atoms with Crippen LogP contribution in [-0.2, 0) is 0 Å². The maximum Gasteiger partial charge on any atom is 0.120 e. The topological polar surface area (TPSA) is 28.7 Å². The molecule has 1 atom stereocenters. The lowest BCUT2D eigenvalue weighted by Gasteiger charge is -2.18. The predicted octanol–water partition coefficient (Wildman–Crippen LogP) is 3.83. The van der Waals surface area contributed by atoms with Gasteiger partial charge in [-0.15, -0.1) is 0 Å². The normalized spacial score (nSPS) is 21.4. The number of hydrogen-bond donors (Lipinski definition) is 1. The van der Waals surface area contributed by atoms with Crippen molar-refractivity contribution >= 4 is 22.8 Å². The number of aromatic nitrogens is 2. The van der Waals surface area contributed by atoms with Crippen LogP contribution in [0.1, 0.15) is 35.9 Å². The zero-order valence-electron chi connectivity index (χ0n) is 9.49. The summed E-state index contributed by atoms with van der Waals surface area (Å²) >= 11 is 2.04. The van der Waals surface area contributed by atoms with Crippen molar-refractivity contribution in [3.63, 3.8) is 0 Å². The Kier molecular flexibility index (Phi) is 2.64. The number of thioether (sulfide) groups is 1. The zero-order valence-corrected chi connectivity index (χ0v) is 10.3. The molecule has 2 nitrogen and oxygen atoms in total. The van der Waals surface area contributed by atoms with Crippen molar-refractivity contribution in [3.05, 3.63) is 29.6 Å². The molecule has 1 N–H and O–H groups in total. The van der Waals surface area contributed by atoms with Crippen molar-refractivity contribution in [1.29, 1.82) is 0 Å². The van der Waals surface area contributed by atoms with E-state index in [1.807, 2.05) is 11.8 Å². The summed E-state index contributed by atoms with van der Waals surface area (Å²) in [7, 11) is 0. The van der Waals surface area contributed by atoms with Crippen LogP contribution in [0.25, 0.3) is 11.0 Å². The van der Waals surface area contributed by atoms with Gasteiger partial charge >= 0.3 is 0 Å². The minimum atomic E-state index is 0.585. The van der Waals surface area contributed by atoms with E-state index in [0.717, 1.165) is 5.52 Å².